The van der Waals surface area contributed by atoms with Crippen LogP contribution >= 0.6 is 50.1 Å². The molecule has 0 aliphatic heterocycles. The highest BCUT2D eigenvalue weighted by molar-refractivity contribution is 14.1. The Morgan fingerprint density at radius 3 is 2.87 bits per heavy atom. The molecule has 0 bridgehead atoms. The van der Waals surface area contributed by atoms with Crippen molar-refractivity contribution >= 4 is 50.1 Å². The van der Waals surface area contributed by atoms with Crippen LogP contribution in [0.4, 0.5) is 0 Å². The summed E-state index contributed by atoms with van der Waals surface area (Å²) in [5, 5.41) is 7.73. The molecule has 0 saturated carbocycles. The third-order valence-electron chi connectivity index (χ3n) is 1.74. The predicted octanol–water partition coefficient (Wildman–Crippen LogP) is 3.84. The van der Waals surface area contributed by atoms with Gasteiger partial charge < -0.3 is 4.42 Å². The molecule has 0 amide bonds. The molecule has 1 aromatic heterocycles. The van der Waals surface area contributed by atoms with Gasteiger partial charge in [-0.05, 0) is 56.7 Å². The highest BCUT2D eigenvalue weighted by atomic mass is 127. The number of alkyl halides is 1. The van der Waals surface area contributed by atoms with Gasteiger partial charge in [0.25, 0.3) is 0 Å². The summed E-state index contributed by atoms with van der Waals surface area (Å²) in [7, 11) is 0. The molecule has 0 aliphatic rings. The van der Waals surface area contributed by atoms with Crippen LogP contribution in [0.3, 0.4) is 0 Å². The van der Waals surface area contributed by atoms with Crippen LogP contribution in [0, 0.1) is 3.57 Å². The van der Waals surface area contributed by atoms with E-state index < -0.39 is 0 Å². The number of halogens is 3. The number of hydrogen-bond acceptors (Lipinski definition) is 3. The van der Waals surface area contributed by atoms with E-state index in [1.54, 1.807) is 0 Å². The van der Waals surface area contributed by atoms with E-state index in [9.17, 15) is 0 Å². The molecular formula is C9H5BrClIN2O. The van der Waals surface area contributed by atoms with E-state index in [2.05, 4.69) is 48.7 Å². The second-order valence-electron chi connectivity index (χ2n) is 2.76. The zero-order valence-electron chi connectivity index (χ0n) is 7.38. The molecule has 15 heavy (non-hydrogen) atoms. The van der Waals surface area contributed by atoms with E-state index in [1.807, 2.05) is 18.2 Å². The van der Waals surface area contributed by atoms with Crippen LogP contribution < -0.4 is 0 Å². The maximum atomic E-state index is 5.59. The van der Waals surface area contributed by atoms with Crippen molar-refractivity contribution < 1.29 is 4.42 Å². The summed E-state index contributed by atoms with van der Waals surface area (Å²) < 4.78 is 7.40. The van der Waals surface area contributed by atoms with Crippen molar-refractivity contribution in [3.63, 3.8) is 0 Å². The summed E-state index contributed by atoms with van der Waals surface area (Å²) in [6.07, 6.45) is 0. The van der Waals surface area contributed by atoms with Crippen LogP contribution in [-0.4, -0.2) is 10.2 Å². The highest BCUT2D eigenvalue weighted by Gasteiger charge is 2.11. The number of rotatable bonds is 2. The van der Waals surface area contributed by atoms with Crippen molar-refractivity contribution in [3.05, 3.63) is 32.1 Å². The SMILES string of the molecule is ClCc1nnc(-c2cc(I)ccc2Br)o1. The third-order valence-corrected chi connectivity index (χ3v) is 3.33. The first-order valence-corrected chi connectivity index (χ1v) is 6.45. The van der Waals surface area contributed by atoms with Gasteiger partial charge in [-0.1, -0.05) is 0 Å². The van der Waals surface area contributed by atoms with Crippen LogP contribution in [0.1, 0.15) is 5.89 Å². The van der Waals surface area contributed by atoms with Crippen LogP contribution in [0.2, 0.25) is 0 Å². The van der Waals surface area contributed by atoms with Crippen molar-refractivity contribution in [1.82, 2.24) is 10.2 Å². The predicted molar refractivity (Wildman–Crippen MR) is 69.7 cm³/mol. The lowest BCUT2D eigenvalue weighted by Crippen LogP contribution is -1.81. The minimum atomic E-state index is 0.231. The molecule has 0 saturated heterocycles. The van der Waals surface area contributed by atoms with Crippen molar-refractivity contribution in [2.45, 2.75) is 5.88 Å². The Balaban J connectivity index is 2.48. The second-order valence-corrected chi connectivity index (χ2v) is 5.13. The fourth-order valence-corrected chi connectivity index (χ4v) is 2.09. The number of benzene rings is 1. The Hall–Kier alpha value is -0.140. The molecule has 6 heteroatoms. The fraction of sp³-hybridized carbons (Fsp3) is 0.111. The largest absolute Gasteiger partial charge is 0.419 e. The lowest BCUT2D eigenvalue weighted by atomic mass is 10.2. The lowest BCUT2D eigenvalue weighted by molar-refractivity contribution is 0.527. The fourth-order valence-electron chi connectivity index (χ4n) is 1.08. The zero-order chi connectivity index (χ0) is 10.8. The van der Waals surface area contributed by atoms with E-state index >= 15 is 0 Å². The first kappa shape index (κ1) is 11.3. The van der Waals surface area contributed by atoms with E-state index in [-0.39, 0.29) is 5.88 Å². The van der Waals surface area contributed by atoms with Gasteiger partial charge in [-0.15, -0.1) is 21.8 Å². The summed E-state index contributed by atoms with van der Waals surface area (Å²) in [6, 6.07) is 5.91. The number of aromatic nitrogens is 2. The van der Waals surface area contributed by atoms with E-state index in [1.165, 1.54) is 0 Å². The van der Waals surface area contributed by atoms with Gasteiger partial charge in [0.2, 0.25) is 11.8 Å². The molecule has 0 spiro atoms. The standard InChI is InChI=1S/C9H5BrClIN2O/c10-7-2-1-5(12)3-6(7)9-14-13-8(4-11)15-9/h1-3H,4H2. The summed E-state index contributed by atoms with van der Waals surface area (Å²) in [5.41, 5.74) is 0.880. The van der Waals surface area contributed by atoms with E-state index in [0.29, 0.717) is 11.8 Å². The monoisotopic (exact) mass is 398 g/mol. The molecular weight excluding hydrogens is 394 g/mol. The maximum absolute atomic E-state index is 5.59. The van der Waals surface area contributed by atoms with Gasteiger partial charge in [-0.3, -0.25) is 0 Å². The van der Waals surface area contributed by atoms with Gasteiger partial charge in [-0.25, -0.2) is 0 Å². The smallest absolute Gasteiger partial charge is 0.248 e. The average molecular weight is 399 g/mol. The number of hydrogen-bond donors (Lipinski definition) is 0. The molecule has 0 atom stereocenters. The van der Waals surface area contributed by atoms with Crippen LogP contribution in [0.15, 0.2) is 27.1 Å². The maximum Gasteiger partial charge on any atom is 0.248 e. The molecule has 1 aromatic carbocycles. The Kier molecular flexibility index (Phi) is 3.63. The van der Waals surface area contributed by atoms with Crippen LogP contribution in [-0.2, 0) is 5.88 Å². The van der Waals surface area contributed by atoms with Gasteiger partial charge in [-0.2, -0.15) is 0 Å². The molecule has 78 valence electrons. The highest BCUT2D eigenvalue weighted by Crippen LogP contribution is 2.28. The Morgan fingerprint density at radius 1 is 1.40 bits per heavy atom. The van der Waals surface area contributed by atoms with Gasteiger partial charge >= 0.3 is 0 Å². The average Bonchev–Trinajstić information content (AvgIpc) is 2.70. The van der Waals surface area contributed by atoms with E-state index in [0.717, 1.165) is 13.6 Å². The molecule has 2 rings (SSSR count). The molecule has 0 unspecified atom stereocenters. The van der Waals surface area contributed by atoms with Gasteiger partial charge in [0.15, 0.2) is 0 Å². The molecule has 3 nitrogen and oxygen atoms in total. The minimum absolute atomic E-state index is 0.231. The van der Waals surface area contributed by atoms with Gasteiger partial charge in [0.05, 0.1) is 5.56 Å². The molecule has 2 aromatic rings. The van der Waals surface area contributed by atoms with Crippen molar-refractivity contribution in [3.8, 4) is 11.5 Å². The molecule has 0 N–H and O–H groups in total. The quantitative estimate of drug-likeness (QED) is 0.569. The normalized spacial score (nSPS) is 10.6. The second kappa shape index (κ2) is 4.80. The first-order valence-electron chi connectivity index (χ1n) is 4.04. The molecule has 0 radical (unpaired) electrons. The molecule has 0 fully saturated rings. The van der Waals surface area contributed by atoms with Crippen LogP contribution in [0.5, 0.6) is 0 Å². The van der Waals surface area contributed by atoms with Crippen LogP contribution in [0.25, 0.3) is 11.5 Å². The van der Waals surface area contributed by atoms with Crippen molar-refractivity contribution in [1.29, 1.82) is 0 Å². The zero-order valence-corrected chi connectivity index (χ0v) is 11.9. The molecule has 1 heterocycles. The van der Waals surface area contributed by atoms with E-state index in [4.69, 9.17) is 16.0 Å². The Morgan fingerprint density at radius 2 is 2.20 bits per heavy atom. The van der Waals surface area contributed by atoms with Crippen molar-refractivity contribution in [2.24, 2.45) is 0 Å². The first-order chi connectivity index (χ1) is 7.20. The summed E-state index contributed by atoms with van der Waals surface area (Å²) in [6.45, 7) is 0. The topological polar surface area (TPSA) is 38.9 Å². The molecule has 0 aliphatic carbocycles. The van der Waals surface area contributed by atoms with Gasteiger partial charge in [0, 0.05) is 8.04 Å². The number of nitrogens with zero attached hydrogens (tertiary/aromatic N) is 2. The summed E-state index contributed by atoms with van der Waals surface area (Å²) in [4.78, 5) is 0. The summed E-state index contributed by atoms with van der Waals surface area (Å²) in [5.74, 6) is 1.14. The Labute approximate surface area is 113 Å². The minimum Gasteiger partial charge on any atom is -0.419 e. The summed E-state index contributed by atoms with van der Waals surface area (Å²) >= 11 is 11.3. The van der Waals surface area contributed by atoms with Gasteiger partial charge in [0.1, 0.15) is 5.88 Å². The third kappa shape index (κ3) is 2.51. The Bertz CT molecular complexity index is 489. The lowest BCUT2D eigenvalue weighted by Gasteiger charge is -1.99. The van der Waals surface area contributed by atoms with Crippen molar-refractivity contribution in [2.75, 3.05) is 0 Å².